The van der Waals surface area contributed by atoms with Gasteiger partial charge < -0.3 is 10.2 Å². The highest BCUT2D eigenvalue weighted by molar-refractivity contribution is 5.92. The molecule has 1 N–H and O–H groups in total. The number of likely N-dealkylation sites (tertiary alicyclic amines) is 1. The van der Waals surface area contributed by atoms with Crippen molar-refractivity contribution in [1.29, 1.82) is 0 Å². The Kier molecular flexibility index (Phi) is 4.50. The van der Waals surface area contributed by atoms with Crippen molar-refractivity contribution in [2.45, 2.75) is 26.3 Å². The van der Waals surface area contributed by atoms with E-state index in [-0.39, 0.29) is 11.9 Å². The Morgan fingerprint density at radius 2 is 2.09 bits per heavy atom. The van der Waals surface area contributed by atoms with Crippen LogP contribution in [0.4, 0.5) is 5.95 Å². The molecule has 6 heteroatoms. The van der Waals surface area contributed by atoms with Crippen LogP contribution in [0.25, 0.3) is 0 Å². The van der Waals surface area contributed by atoms with Crippen molar-refractivity contribution in [3.8, 4) is 0 Å². The third-order valence-corrected chi connectivity index (χ3v) is 4.14. The predicted octanol–water partition coefficient (Wildman–Crippen LogP) is 2.14. The van der Waals surface area contributed by atoms with Crippen molar-refractivity contribution >= 4 is 11.9 Å². The van der Waals surface area contributed by atoms with Crippen LogP contribution in [0.5, 0.6) is 0 Å². The van der Waals surface area contributed by atoms with Crippen LogP contribution in [0.1, 0.15) is 29.5 Å². The van der Waals surface area contributed by atoms with Crippen LogP contribution in [0.2, 0.25) is 0 Å². The first-order chi connectivity index (χ1) is 11.1. The van der Waals surface area contributed by atoms with Crippen LogP contribution in [0.3, 0.4) is 0 Å². The highest BCUT2D eigenvalue weighted by Gasteiger charge is 2.33. The Morgan fingerprint density at radius 3 is 2.83 bits per heavy atom. The fourth-order valence-electron chi connectivity index (χ4n) is 3.01. The third-order valence-electron chi connectivity index (χ3n) is 4.14. The largest absolute Gasteiger partial charge is 0.354 e. The maximum Gasteiger partial charge on any atom is 0.272 e. The smallest absolute Gasteiger partial charge is 0.272 e. The average Bonchev–Trinajstić information content (AvgIpc) is 2.94. The maximum atomic E-state index is 12.6. The molecule has 1 amide bonds. The van der Waals surface area contributed by atoms with Gasteiger partial charge in [-0.3, -0.25) is 4.79 Å². The van der Waals surface area contributed by atoms with Crippen LogP contribution >= 0.6 is 0 Å². The van der Waals surface area contributed by atoms with E-state index < -0.39 is 0 Å². The second kappa shape index (κ2) is 6.73. The number of carbonyl (C=O) groups is 1. The molecule has 0 aromatic carbocycles. The zero-order valence-corrected chi connectivity index (χ0v) is 13.4. The van der Waals surface area contributed by atoms with Gasteiger partial charge in [0, 0.05) is 37.2 Å². The van der Waals surface area contributed by atoms with Gasteiger partial charge in [0.25, 0.3) is 5.91 Å². The summed E-state index contributed by atoms with van der Waals surface area (Å²) in [4.78, 5) is 27.2. The van der Waals surface area contributed by atoms with E-state index in [4.69, 9.17) is 0 Å². The van der Waals surface area contributed by atoms with E-state index >= 15 is 0 Å². The first kappa shape index (κ1) is 15.4. The van der Waals surface area contributed by atoms with E-state index in [2.05, 4.69) is 27.2 Å². The van der Waals surface area contributed by atoms with E-state index in [1.54, 1.807) is 24.5 Å². The Labute approximate surface area is 136 Å². The fraction of sp³-hybridized carbons (Fsp3) is 0.412. The van der Waals surface area contributed by atoms with Gasteiger partial charge >= 0.3 is 0 Å². The van der Waals surface area contributed by atoms with E-state index in [0.717, 1.165) is 25.2 Å². The number of hydrogen-bond acceptors (Lipinski definition) is 5. The first-order valence-electron chi connectivity index (χ1n) is 7.89. The maximum absolute atomic E-state index is 12.6. The summed E-state index contributed by atoms with van der Waals surface area (Å²) in [7, 11) is 0. The number of amides is 1. The monoisotopic (exact) mass is 311 g/mol. The molecule has 3 rings (SSSR count). The highest BCUT2D eigenvalue weighted by atomic mass is 16.2. The predicted molar refractivity (Wildman–Crippen MR) is 88.1 cm³/mol. The second-order valence-corrected chi connectivity index (χ2v) is 6.03. The summed E-state index contributed by atoms with van der Waals surface area (Å²) < 4.78 is 0. The standard InChI is InChI=1S/C17H21N5O/c1-12-5-3-6-15(21-12)16(23)22-11-14(9-13(22)2)10-20-17-18-7-4-8-19-17/h3-8,13-14H,9-11H2,1-2H3,(H,18,19,20). The van der Waals surface area contributed by atoms with Crippen LogP contribution in [0.15, 0.2) is 36.7 Å². The summed E-state index contributed by atoms with van der Waals surface area (Å²) >= 11 is 0. The lowest BCUT2D eigenvalue weighted by molar-refractivity contribution is 0.0737. The molecule has 1 aliphatic heterocycles. The molecule has 1 saturated heterocycles. The minimum Gasteiger partial charge on any atom is -0.354 e. The molecule has 120 valence electrons. The number of pyridine rings is 1. The Hall–Kier alpha value is -2.50. The normalized spacial score (nSPS) is 20.5. The van der Waals surface area contributed by atoms with E-state index in [1.807, 2.05) is 24.0 Å². The number of aryl methyl sites for hydroxylation is 1. The van der Waals surface area contributed by atoms with Crippen LogP contribution in [-0.4, -0.2) is 44.9 Å². The van der Waals surface area contributed by atoms with Gasteiger partial charge in [-0.2, -0.15) is 0 Å². The lowest BCUT2D eigenvalue weighted by Gasteiger charge is -2.21. The molecule has 3 heterocycles. The Morgan fingerprint density at radius 1 is 1.30 bits per heavy atom. The van der Waals surface area contributed by atoms with Gasteiger partial charge in [0.2, 0.25) is 5.95 Å². The topological polar surface area (TPSA) is 71.0 Å². The van der Waals surface area contributed by atoms with Crippen molar-refractivity contribution in [3.63, 3.8) is 0 Å². The summed E-state index contributed by atoms with van der Waals surface area (Å²) in [5.74, 6) is 1.03. The van der Waals surface area contributed by atoms with Gasteiger partial charge in [-0.05, 0) is 44.4 Å². The molecular weight excluding hydrogens is 290 g/mol. The van der Waals surface area contributed by atoms with Crippen molar-refractivity contribution < 1.29 is 4.79 Å². The lowest BCUT2D eigenvalue weighted by atomic mass is 10.1. The SMILES string of the molecule is Cc1cccc(C(=O)N2CC(CNc3ncccn3)CC2C)n1. The number of anilines is 1. The zero-order chi connectivity index (χ0) is 16.2. The van der Waals surface area contributed by atoms with Gasteiger partial charge in [0.05, 0.1) is 0 Å². The molecule has 0 radical (unpaired) electrons. The molecule has 0 spiro atoms. The van der Waals surface area contributed by atoms with Crippen molar-refractivity contribution in [2.24, 2.45) is 5.92 Å². The molecule has 0 aliphatic carbocycles. The second-order valence-electron chi connectivity index (χ2n) is 6.03. The zero-order valence-electron chi connectivity index (χ0n) is 13.4. The molecule has 1 fully saturated rings. The number of rotatable bonds is 4. The molecule has 23 heavy (non-hydrogen) atoms. The highest BCUT2D eigenvalue weighted by Crippen LogP contribution is 2.24. The van der Waals surface area contributed by atoms with Gasteiger partial charge in [-0.1, -0.05) is 6.07 Å². The molecule has 6 nitrogen and oxygen atoms in total. The van der Waals surface area contributed by atoms with E-state index in [9.17, 15) is 4.79 Å². The summed E-state index contributed by atoms with van der Waals surface area (Å²) in [6.45, 7) is 5.48. The molecule has 1 aliphatic rings. The number of carbonyl (C=O) groups excluding carboxylic acids is 1. The first-order valence-corrected chi connectivity index (χ1v) is 7.89. The average molecular weight is 311 g/mol. The minimum absolute atomic E-state index is 0.0136. The number of aromatic nitrogens is 3. The van der Waals surface area contributed by atoms with Gasteiger partial charge in [0.1, 0.15) is 5.69 Å². The minimum atomic E-state index is 0.0136. The number of nitrogens with zero attached hydrogens (tertiary/aromatic N) is 4. The summed E-state index contributed by atoms with van der Waals surface area (Å²) in [5.41, 5.74) is 1.39. The van der Waals surface area contributed by atoms with Crippen LogP contribution in [0, 0.1) is 12.8 Å². The number of nitrogens with one attached hydrogen (secondary N) is 1. The molecule has 0 saturated carbocycles. The molecule has 0 bridgehead atoms. The number of hydrogen-bond donors (Lipinski definition) is 1. The Bertz CT molecular complexity index is 676. The van der Waals surface area contributed by atoms with Gasteiger partial charge in [-0.25, -0.2) is 15.0 Å². The fourth-order valence-corrected chi connectivity index (χ4v) is 3.01. The third kappa shape index (κ3) is 3.64. The van der Waals surface area contributed by atoms with Crippen LogP contribution < -0.4 is 5.32 Å². The molecule has 2 unspecified atom stereocenters. The van der Waals surface area contributed by atoms with Gasteiger partial charge in [0.15, 0.2) is 0 Å². The van der Waals surface area contributed by atoms with Crippen molar-refractivity contribution in [3.05, 3.63) is 48.0 Å². The summed E-state index contributed by atoms with van der Waals surface area (Å²) in [6, 6.07) is 7.57. The van der Waals surface area contributed by atoms with Crippen molar-refractivity contribution in [2.75, 3.05) is 18.4 Å². The van der Waals surface area contributed by atoms with Crippen molar-refractivity contribution in [1.82, 2.24) is 19.9 Å². The molecule has 2 aromatic heterocycles. The Balaban J connectivity index is 1.61. The summed E-state index contributed by atoms with van der Waals surface area (Å²) in [6.07, 6.45) is 4.40. The quantitative estimate of drug-likeness (QED) is 0.936. The lowest BCUT2D eigenvalue weighted by Crippen LogP contribution is -2.35. The molecule has 2 atom stereocenters. The molecular formula is C17H21N5O. The van der Waals surface area contributed by atoms with Gasteiger partial charge in [-0.15, -0.1) is 0 Å². The molecule has 2 aromatic rings. The van der Waals surface area contributed by atoms with Crippen LogP contribution in [-0.2, 0) is 0 Å². The summed E-state index contributed by atoms with van der Waals surface area (Å²) in [5, 5.41) is 3.24. The van der Waals surface area contributed by atoms with E-state index in [1.165, 1.54) is 0 Å². The van der Waals surface area contributed by atoms with E-state index in [0.29, 0.717) is 17.6 Å².